The van der Waals surface area contributed by atoms with Crippen LogP contribution in [0.5, 0.6) is 11.5 Å². The van der Waals surface area contributed by atoms with E-state index in [1.165, 1.54) is 6.19 Å². The Labute approximate surface area is 155 Å². The number of rotatable bonds is 6. The first-order chi connectivity index (χ1) is 12.9. The van der Waals surface area contributed by atoms with Crippen molar-refractivity contribution in [1.82, 2.24) is 10.2 Å². The fourth-order valence-corrected chi connectivity index (χ4v) is 3.15. The molecule has 3 rings (SSSR count). The number of nitrogens with two attached hydrogens (primary N) is 1. The number of carboxylic acid groups (broad SMARTS) is 1. The van der Waals surface area contributed by atoms with Crippen molar-refractivity contribution in [2.45, 2.75) is 24.9 Å². The van der Waals surface area contributed by atoms with Gasteiger partial charge >= 0.3 is 13.1 Å². The lowest BCUT2D eigenvalue weighted by molar-refractivity contribution is -0.122. The molecule has 1 unspecified atom stereocenters. The molecule has 1 atom stereocenters. The molecule has 2 heterocycles. The van der Waals surface area contributed by atoms with Gasteiger partial charge < -0.3 is 25.3 Å². The maximum Gasteiger partial charge on any atom is 0.522 e. The Bertz CT molecular complexity index is 792. The van der Waals surface area contributed by atoms with Crippen LogP contribution in [0.3, 0.4) is 0 Å². The van der Waals surface area contributed by atoms with Crippen LogP contribution in [0.25, 0.3) is 0 Å². The van der Waals surface area contributed by atoms with E-state index in [0.717, 1.165) is 5.56 Å². The van der Waals surface area contributed by atoms with Crippen LogP contribution >= 0.6 is 0 Å². The van der Waals surface area contributed by atoms with Crippen LogP contribution in [0.15, 0.2) is 12.1 Å². The Morgan fingerprint density at radius 1 is 1.52 bits per heavy atom. The van der Waals surface area contributed by atoms with E-state index >= 15 is 0 Å². The van der Waals surface area contributed by atoms with Crippen LogP contribution in [0.4, 0.5) is 0 Å². The van der Waals surface area contributed by atoms with Crippen molar-refractivity contribution in [3.63, 3.8) is 0 Å². The minimum Gasteiger partial charge on any atom is -0.535 e. The second-order valence-corrected chi connectivity index (χ2v) is 6.51. The molecular weight excluding hydrogens is 355 g/mol. The lowest BCUT2D eigenvalue weighted by atomic mass is 9.78. The number of aromatic carboxylic acids is 1. The molecule has 2 aliphatic rings. The zero-order chi connectivity index (χ0) is 19.6. The molecule has 27 heavy (non-hydrogen) atoms. The van der Waals surface area contributed by atoms with Crippen LogP contribution in [0.1, 0.15) is 15.9 Å². The summed E-state index contributed by atoms with van der Waals surface area (Å²) in [7, 11) is -1.04. The van der Waals surface area contributed by atoms with Gasteiger partial charge in [0, 0.05) is 19.6 Å². The molecule has 10 nitrogen and oxygen atoms in total. The molecule has 1 fully saturated rings. The smallest absolute Gasteiger partial charge is 0.522 e. The van der Waals surface area contributed by atoms with E-state index in [9.17, 15) is 19.7 Å². The number of carbonyl (C=O) groups is 2. The number of carbonyl (C=O) groups excluding carboxylic acids is 1. The highest BCUT2D eigenvalue weighted by Gasteiger charge is 2.34. The molecule has 11 heteroatoms. The minimum absolute atomic E-state index is 0.102. The number of fused-ring (bicyclic) bond motifs is 1. The predicted octanol–water partition coefficient (Wildman–Crippen LogP) is -1.21. The maximum absolute atomic E-state index is 11.7. The van der Waals surface area contributed by atoms with Crippen molar-refractivity contribution in [3.05, 3.63) is 23.3 Å². The molecule has 142 valence electrons. The molecule has 0 bridgehead atoms. The lowest BCUT2D eigenvalue weighted by Gasteiger charge is -2.40. The van der Waals surface area contributed by atoms with Crippen molar-refractivity contribution >= 4 is 19.0 Å². The summed E-state index contributed by atoms with van der Waals surface area (Å²) in [5, 5.41) is 29.6. The minimum atomic E-state index is -1.19. The monoisotopic (exact) mass is 374 g/mol. The third kappa shape index (κ3) is 4.14. The Morgan fingerprint density at radius 2 is 2.26 bits per heavy atom. The summed E-state index contributed by atoms with van der Waals surface area (Å²) >= 11 is 0. The number of nitrogens with zero attached hydrogens (tertiary/aromatic N) is 2. The van der Waals surface area contributed by atoms with E-state index in [2.05, 4.69) is 0 Å². The number of ether oxygens (including phenoxy) is 1. The highest BCUT2D eigenvalue weighted by molar-refractivity contribution is 6.44. The number of hydrogen-bond acceptors (Lipinski definition) is 8. The van der Waals surface area contributed by atoms with Gasteiger partial charge in [0.2, 0.25) is 0 Å². The van der Waals surface area contributed by atoms with Gasteiger partial charge in [0.25, 0.3) is 5.91 Å². The molecule has 1 saturated heterocycles. The third-order valence-electron chi connectivity index (χ3n) is 4.52. The predicted molar refractivity (Wildman–Crippen MR) is 93.1 cm³/mol. The molecule has 0 aliphatic carbocycles. The van der Waals surface area contributed by atoms with Crippen molar-refractivity contribution in [2.75, 3.05) is 19.6 Å². The topological polar surface area (TPSA) is 158 Å². The number of nitrogens with one attached hydrogen (secondary N) is 1. The Morgan fingerprint density at radius 3 is 2.93 bits per heavy atom. The second-order valence-electron chi connectivity index (χ2n) is 6.51. The molecule has 0 aromatic heterocycles. The van der Waals surface area contributed by atoms with Gasteiger partial charge in [-0.15, -0.1) is 0 Å². The molecule has 0 spiro atoms. The van der Waals surface area contributed by atoms with Crippen molar-refractivity contribution < 1.29 is 29.1 Å². The molecule has 0 radical (unpaired) electrons. The number of aryl methyl sites for hydroxylation is 1. The van der Waals surface area contributed by atoms with E-state index in [4.69, 9.17) is 20.4 Å². The molecule has 5 N–H and O–H groups in total. The maximum atomic E-state index is 11.7. The zero-order valence-corrected chi connectivity index (χ0v) is 14.4. The highest BCUT2D eigenvalue weighted by Crippen LogP contribution is 2.37. The standard InChI is InChI=1S/C16H19BN4O6/c18-8-20-15(22)11(19)7-21-5-10(6-21)26-12-2-1-9-3-4-17(25)27-14(9)13(12)16(23)24/h1-2,10-11,25H,3-7,19H2,(H,20,22)(H,23,24). The van der Waals surface area contributed by atoms with Gasteiger partial charge in [-0.3, -0.25) is 15.0 Å². The van der Waals surface area contributed by atoms with E-state index in [1.54, 1.807) is 12.1 Å². The molecule has 2 aliphatic heterocycles. The normalized spacial score (nSPS) is 17.7. The average Bonchev–Trinajstić information content (AvgIpc) is 2.59. The van der Waals surface area contributed by atoms with Crippen LogP contribution in [-0.2, 0) is 11.2 Å². The first-order valence-corrected chi connectivity index (χ1v) is 8.46. The van der Waals surface area contributed by atoms with Crippen molar-refractivity contribution in [2.24, 2.45) is 5.73 Å². The molecule has 1 aromatic rings. The number of nitriles is 1. The number of carboxylic acids is 1. The fourth-order valence-electron chi connectivity index (χ4n) is 3.15. The first kappa shape index (κ1) is 19.0. The van der Waals surface area contributed by atoms with Crippen LogP contribution in [-0.4, -0.2) is 65.8 Å². The molecular formula is C16H19BN4O6. The molecule has 1 aromatic carbocycles. The Balaban J connectivity index is 1.63. The van der Waals surface area contributed by atoms with Gasteiger partial charge in [-0.25, -0.2) is 4.79 Å². The van der Waals surface area contributed by atoms with Gasteiger partial charge in [-0.05, 0) is 24.4 Å². The summed E-state index contributed by atoms with van der Waals surface area (Å²) in [5.74, 6) is -1.43. The van der Waals surface area contributed by atoms with Gasteiger partial charge in [-0.1, -0.05) is 6.07 Å². The summed E-state index contributed by atoms with van der Waals surface area (Å²) in [6.45, 7) is 1.19. The number of likely N-dealkylation sites (tertiary alicyclic amines) is 1. The lowest BCUT2D eigenvalue weighted by Crippen LogP contribution is -2.58. The number of hydrogen-bond donors (Lipinski definition) is 4. The molecule has 1 amide bonds. The Hall–Kier alpha value is -2.81. The van der Waals surface area contributed by atoms with Crippen LogP contribution in [0.2, 0.25) is 6.32 Å². The summed E-state index contributed by atoms with van der Waals surface area (Å²) in [5.41, 5.74) is 6.32. The van der Waals surface area contributed by atoms with Gasteiger partial charge in [-0.2, -0.15) is 5.26 Å². The summed E-state index contributed by atoms with van der Waals surface area (Å²) in [6, 6.07) is 2.50. The quantitative estimate of drug-likeness (QED) is 0.272. The number of amides is 1. The summed E-state index contributed by atoms with van der Waals surface area (Å²) in [4.78, 5) is 25.0. The average molecular weight is 374 g/mol. The summed E-state index contributed by atoms with van der Waals surface area (Å²) in [6.07, 6.45) is 2.20. The summed E-state index contributed by atoms with van der Waals surface area (Å²) < 4.78 is 11.1. The zero-order valence-electron chi connectivity index (χ0n) is 14.4. The molecule has 0 saturated carbocycles. The number of benzene rings is 1. The van der Waals surface area contributed by atoms with E-state index in [-0.39, 0.29) is 29.7 Å². The first-order valence-electron chi connectivity index (χ1n) is 8.46. The fraction of sp³-hybridized carbons (Fsp3) is 0.438. The van der Waals surface area contributed by atoms with Gasteiger partial charge in [0.15, 0.2) is 6.19 Å². The van der Waals surface area contributed by atoms with E-state index < -0.39 is 25.0 Å². The van der Waals surface area contributed by atoms with Gasteiger partial charge in [0.05, 0.1) is 6.04 Å². The van der Waals surface area contributed by atoms with Crippen molar-refractivity contribution in [3.8, 4) is 17.7 Å². The highest BCUT2D eigenvalue weighted by atomic mass is 16.5. The van der Waals surface area contributed by atoms with Crippen LogP contribution in [0, 0.1) is 11.5 Å². The van der Waals surface area contributed by atoms with Crippen LogP contribution < -0.4 is 20.4 Å². The van der Waals surface area contributed by atoms with E-state index in [1.807, 2.05) is 10.2 Å². The van der Waals surface area contributed by atoms with Crippen molar-refractivity contribution in [1.29, 1.82) is 5.26 Å². The third-order valence-corrected chi connectivity index (χ3v) is 4.52. The largest absolute Gasteiger partial charge is 0.535 e. The second kappa shape index (κ2) is 7.83. The SMILES string of the molecule is N#CNC(=O)C(N)CN1CC(Oc2ccc3c(c2C(=O)O)OB(O)CC3)C1. The Kier molecular flexibility index (Phi) is 5.50. The van der Waals surface area contributed by atoms with Gasteiger partial charge in [0.1, 0.15) is 23.2 Å². The van der Waals surface area contributed by atoms with E-state index in [0.29, 0.717) is 25.8 Å².